The number of pyridine rings is 1. The first-order valence-corrected chi connectivity index (χ1v) is 9.86. The molecule has 2 aliphatic rings. The molecule has 0 atom stereocenters. The molecular formula is C21H29N5. The molecule has 0 aromatic carbocycles. The van der Waals surface area contributed by atoms with Crippen LogP contribution in [-0.4, -0.2) is 26.8 Å². The van der Waals surface area contributed by atoms with Crippen LogP contribution in [0.2, 0.25) is 0 Å². The summed E-state index contributed by atoms with van der Waals surface area (Å²) in [5.41, 5.74) is 13.6. The zero-order chi connectivity index (χ0) is 18.1. The van der Waals surface area contributed by atoms with E-state index >= 15 is 0 Å². The van der Waals surface area contributed by atoms with Crippen LogP contribution in [0.4, 0.5) is 5.69 Å². The van der Waals surface area contributed by atoms with Crippen LogP contribution in [0.15, 0.2) is 24.2 Å². The highest BCUT2D eigenvalue weighted by molar-refractivity contribution is 5.86. The van der Waals surface area contributed by atoms with Gasteiger partial charge in [-0.05, 0) is 32.1 Å². The maximum Gasteiger partial charge on any atom is 0.0569 e. The molecule has 0 spiro atoms. The number of nitrogens with zero attached hydrogens (tertiary/aromatic N) is 3. The Kier molecular flexibility index (Phi) is 4.81. The lowest BCUT2D eigenvalue weighted by atomic mass is 9.91. The number of aromatic nitrogens is 3. The summed E-state index contributed by atoms with van der Waals surface area (Å²) in [7, 11) is 1.96. The van der Waals surface area contributed by atoms with Crippen molar-refractivity contribution in [2.75, 3.05) is 5.32 Å². The smallest absolute Gasteiger partial charge is 0.0569 e. The van der Waals surface area contributed by atoms with E-state index in [2.05, 4.69) is 29.6 Å². The largest absolute Gasteiger partial charge is 0.381 e. The van der Waals surface area contributed by atoms with E-state index in [-0.39, 0.29) is 0 Å². The fourth-order valence-corrected chi connectivity index (χ4v) is 4.22. The van der Waals surface area contributed by atoms with Crippen molar-refractivity contribution < 1.29 is 0 Å². The molecule has 0 radical (unpaired) electrons. The first kappa shape index (κ1) is 17.3. The number of hydrogen-bond donors (Lipinski definition) is 2. The highest BCUT2D eigenvalue weighted by Crippen LogP contribution is 2.39. The summed E-state index contributed by atoms with van der Waals surface area (Å²) in [6.07, 6.45) is 16.2. The van der Waals surface area contributed by atoms with Gasteiger partial charge in [0.25, 0.3) is 0 Å². The van der Waals surface area contributed by atoms with Crippen molar-refractivity contribution in [3.63, 3.8) is 0 Å². The fraction of sp³-hybridized carbons (Fsp3) is 0.524. The van der Waals surface area contributed by atoms with Gasteiger partial charge in [-0.2, -0.15) is 5.10 Å². The third-order valence-electron chi connectivity index (χ3n) is 5.65. The molecule has 0 amide bonds. The monoisotopic (exact) mass is 351 g/mol. The molecule has 1 fully saturated rings. The quantitative estimate of drug-likeness (QED) is 0.857. The molecule has 26 heavy (non-hydrogen) atoms. The van der Waals surface area contributed by atoms with Crippen LogP contribution in [0.5, 0.6) is 0 Å². The van der Waals surface area contributed by atoms with Crippen molar-refractivity contribution in [1.29, 1.82) is 0 Å². The number of aryl methyl sites for hydroxylation is 1. The highest BCUT2D eigenvalue weighted by Gasteiger charge is 2.24. The third-order valence-corrected chi connectivity index (χ3v) is 5.65. The predicted molar refractivity (Wildman–Crippen MR) is 107 cm³/mol. The normalized spacial score (nSPS) is 22.2. The number of fused-ring (bicyclic) bond motifs is 1. The lowest BCUT2D eigenvalue weighted by Gasteiger charge is -2.29. The lowest BCUT2D eigenvalue weighted by Crippen LogP contribution is -2.33. The van der Waals surface area contributed by atoms with Crippen LogP contribution in [0, 0.1) is 0 Å². The summed E-state index contributed by atoms with van der Waals surface area (Å²) in [4.78, 5) is 4.79. The van der Waals surface area contributed by atoms with Crippen molar-refractivity contribution in [3.05, 3.63) is 35.4 Å². The van der Waals surface area contributed by atoms with Crippen LogP contribution in [0.3, 0.4) is 0 Å². The van der Waals surface area contributed by atoms with E-state index in [1.165, 1.54) is 28.9 Å². The van der Waals surface area contributed by atoms with Gasteiger partial charge in [0, 0.05) is 54.6 Å². The maximum absolute atomic E-state index is 6.10. The molecule has 5 heteroatoms. The van der Waals surface area contributed by atoms with E-state index < -0.39 is 0 Å². The van der Waals surface area contributed by atoms with Gasteiger partial charge in [0.05, 0.1) is 17.6 Å². The molecule has 0 aliphatic heterocycles. The molecule has 1 saturated carbocycles. The summed E-state index contributed by atoms with van der Waals surface area (Å²) in [5, 5.41) is 8.22. The Labute approximate surface area is 155 Å². The molecule has 2 aromatic heterocycles. The Morgan fingerprint density at radius 3 is 2.73 bits per heavy atom. The SMILES string of the molecule is CCCC1=Cc2c(ncc(-c3cnn(C)c3)c2NC2CCC(N)CC2)C1. The van der Waals surface area contributed by atoms with Crippen molar-refractivity contribution in [1.82, 2.24) is 14.8 Å². The molecule has 3 N–H and O–H groups in total. The minimum Gasteiger partial charge on any atom is -0.381 e. The number of rotatable bonds is 5. The molecule has 0 unspecified atom stereocenters. The fourth-order valence-electron chi connectivity index (χ4n) is 4.22. The summed E-state index contributed by atoms with van der Waals surface area (Å²) in [6, 6.07) is 0.852. The molecule has 2 heterocycles. The lowest BCUT2D eigenvalue weighted by molar-refractivity contribution is 0.411. The van der Waals surface area contributed by atoms with E-state index in [4.69, 9.17) is 10.7 Å². The summed E-state index contributed by atoms with van der Waals surface area (Å²) in [6.45, 7) is 2.24. The van der Waals surface area contributed by atoms with Gasteiger partial charge in [0.1, 0.15) is 0 Å². The van der Waals surface area contributed by atoms with Crippen LogP contribution in [-0.2, 0) is 13.5 Å². The van der Waals surface area contributed by atoms with Gasteiger partial charge in [0.15, 0.2) is 0 Å². The van der Waals surface area contributed by atoms with Crippen LogP contribution < -0.4 is 11.1 Å². The predicted octanol–water partition coefficient (Wildman–Crippen LogP) is 3.90. The zero-order valence-corrected chi connectivity index (χ0v) is 15.8. The highest BCUT2D eigenvalue weighted by atomic mass is 15.2. The van der Waals surface area contributed by atoms with E-state index in [1.807, 2.05) is 24.1 Å². The van der Waals surface area contributed by atoms with E-state index in [9.17, 15) is 0 Å². The molecule has 2 aliphatic carbocycles. The number of allylic oxidation sites excluding steroid dienone is 1. The average Bonchev–Trinajstić information content (AvgIpc) is 3.23. The molecule has 2 aromatic rings. The zero-order valence-electron chi connectivity index (χ0n) is 15.8. The van der Waals surface area contributed by atoms with Gasteiger partial charge in [-0.25, -0.2) is 0 Å². The molecule has 138 valence electrons. The summed E-state index contributed by atoms with van der Waals surface area (Å²) >= 11 is 0. The van der Waals surface area contributed by atoms with Crippen molar-refractivity contribution in [3.8, 4) is 11.1 Å². The number of nitrogens with two attached hydrogens (primary N) is 1. The van der Waals surface area contributed by atoms with Gasteiger partial charge < -0.3 is 11.1 Å². The van der Waals surface area contributed by atoms with Crippen LogP contribution in [0.1, 0.15) is 56.7 Å². The Balaban J connectivity index is 1.72. The molecule has 4 rings (SSSR count). The molecule has 0 saturated heterocycles. The average molecular weight is 351 g/mol. The number of nitrogens with one attached hydrogen (secondary N) is 1. The van der Waals surface area contributed by atoms with Crippen molar-refractivity contribution >= 4 is 11.8 Å². The van der Waals surface area contributed by atoms with Gasteiger partial charge in [-0.1, -0.05) is 25.0 Å². The first-order valence-electron chi connectivity index (χ1n) is 9.86. The summed E-state index contributed by atoms with van der Waals surface area (Å²) < 4.78 is 1.85. The van der Waals surface area contributed by atoms with Gasteiger partial charge in [-0.3, -0.25) is 9.67 Å². The molecular weight excluding hydrogens is 322 g/mol. The maximum atomic E-state index is 6.10. The minimum atomic E-state index is 0.366. The van der Waals surface area contributed by atoms with Crippen LogP contribution in [0.25, 0.3) is 17.2 Å². The minimum absolute atomic E-state index is 0.366. The van der Waals surface area contributed by atoms with Crippen LogP contribution >= 0.6 is 0 Å². The first-order chi connectivity index (χ1) is 12.6. The Morgan fingerprint density at radius 1 is 1.23 bits per heavy atom. The second kappa shape index (κ2) is 7.23. The van der Waals surface area contributed by atoms with Gasteiger partial charge >= 0.3 is 0 Å². The number of hydrogen-bond acceptors (Lipinski definition) is 4. The van der Waals surface area contributed by atoms with Crippen molar-refractivity contribution in [2.24, 2.45) is 12.8 Å². The van der Waals surface area contributed by atoms with E-state index in [0.717, 1.165) is 49.7 Å². The number of anilines is 1. The van der Waals surface area contributed by atoms with E-state index in [0.29, 0.717) is 12.1 Å². The summed E-state index contributed by atoms with van der Waals surface area (Å²) in [5.74, 6) is 0. The Morgan fingerprint density at radius 2 is 2.04 bits per heavy atom. The Hall–Kier alpha value is -2.14. The second-order valence-corrected chi connectivity index (χ2v) is 7.80. The van der Waals surface area contributed by atoms with Gasteiger partial charge in [0.2, 0.25) is 0 Å². The molecule has 0 bridgehead atoms. The second-order valence-electron chi connectivity index (χ2n) is 7.80. The third kappa shape index (κ3) is 3.40. The topological polar surface area (TPSA) is 68.8 Å². The standard InChI is InChI=1S/C21H29N5/c1-3-4-14-9-18-20(10-14)23-12-19(15-11-24-26(2)13-15)21(18)25-17-7-5-16(22)6-8-17/h9,11-13,16-17H,3-8,10,22H2,1-2H3,(H,23,25). The Bertz CT molecular complexity index is 812. The van der Waals surface area contributed by atoms with E-state index in [1.54, 1.807) is 0 Å². The molecule has 5 nitrogen and oxygen atoms in total. The van der Waals surface area contributed by atoms with Crippen molar-refractivity contribution in [2.45, 2.75) is 64.0 Å². The van der Waals surface area contributed by atoms with Gasteiger partial charge in [-0.15, -0.1) is 0 Å².